The fourth-order valence-electron chi connectivity index (χ4n) is 2.80. The van der Waals surface area contributed by atoms with E-state index < -0.39 is 28.0 Å². The number of halogens is 1. The van der Waals surface area contributed by atoms with Crippen LogP contribution in [-0.2, 0) is 17.1 Å². The molecule has 22 heavy (non-hydrogen) atoms. The van der Waals surface area contributed by atoms with E-state index in [0.717, 1.165) is 0 Å². The molecule has 6 nitrogen and oxygen atoms in total. The maximum Gasteiger partial charge on any atom is 0.260 e. The molecular weight excluding hydrogens is 309 g/mol. The van der Waals surface area contributed by atoms with Crippen molar-refractivity contribution in [2.75, 3.05) is 6.54 Å². The zero-order valence-corrected chi connectivity index (χ0v) is 12.7. The van der Waals surface area contributed by atoms with E-state index in [1.165, 1.54) is 46.5 Å². The van der Waals surface area contributed by atoms with Crippen LogP contribution in [0.3, 0.4) is 0 Å². The van der Waals surface area contributed by atoms with Gasteiger partial charge in [-0.3, -0.25) is 4.68 Å². The summed E-state index contributed by atoms with van der Waals surface area (Å²) >= 11 is 0. The third-order valence-electron chi connectivity index (χ3n) is 3.82. The van der Waals surface area contributed by atoms with Crippen molar-refractivity contribution in [3.8, 4) is 0 Å². The highest BCUT2D eigenvalue weighted by Gasteiger charge is 2.41. The molecule has 0 radical (unpaired) electrons. The number of benzene rings is 1. The predicted octanol–water partition coefficient (Wildman–Crippen LogP) is 1.06. The van der Waals surface area contributed by atoms with E-state index in [9.17, 15) is 17.9 Å². The van der Waals surface area contributed by atoms with Gasteiger partial charge in [0.2, 0.25) is 0 Å². The summed E-state index contributed by atoms with van der Waals surface area (Å²) in [5.41, 5.74) is 0.530. The third kappa shape index (κ3) is 2.53. The summed E-state index contributed by atoms with van der Waals surface area (Å²) in [5.74, 6) is -0.434. The normalized spacial score (nSPS) is 23.0. The maximum atomic E-state index is 13.4. The molecule has 0 aliphatic carbocycles. The summed E-state index contributed by atoms with van der Waals surface area (Å²) < 4.78 is 41.5. The van der Waals surface area contributed by atoms with Crippen molar-refractivity contribution in [2.45, 2.75) is 23.6 Å². The minimum Gasteiger partial charge on any atom is -0.392 e. The lowest BCUT2D eigenvalue weighted by Gasteiger charge is -2.24. The number of aromatic nitrogens is 2. The quantitative estimate of drug-likeness (QED) is 0.915. The highest BCUT2D eigenvalue weighted by Crippen LogP contribution is 2.36. The second kappa shape index (κ2) is 5.45. The Labute approximate surface area is 127 Å². The van der Waals surface area contributed by atoms with Gasteiger partial charge in [-0.15, -0.1) is 0 Å². The Morgan fingerprint density at radius 2 is 2.14 bits per heavy atom. The van der Waals surface area contributed by atoms with Crippen LogP contribution in [0.25, 0.3) is 0 Å². The molecule has 1 N–H and O–H groups in total. The SMILES string of the molecule is Cn1nccc1S(=O)(=O)N1C[C@H](O)C[C@H]1c1cccc(F)c1. The number of nitrogens with zero attached hydrogens (tertiary/aromatic N) is 3. The molecule has 2 heterocycles. The van der Waals surface area contributed by atoms with Crippen LogP contribution in [0.4, 0.5) is 4.39 Å². The highest BCUT2D eigenvalue weighted by molar-refractivity contribution is 7.89. The maximum absolute atomic E-state index is 13.4. The minimum atomic E-state index is -3.82. The number of aliphatic hydroxyl groups is 1. The molecule has 0 bridgehead atoms. The largest absolute Gasteiger partial charge is 0.392 e. The zero-order chi connectivity index (χ0) is 15.9. The molecule has 2 aromatic rings. The molecular formula is C14H16FN3O3S. The van der Waals surface area contributed by atoms with Crippen LogP contribution in [0.5, 0.6) is 0 Å². The Morgan fingerprint density at radius 3 is 2.77 bits per heavy atom. The van der Waals surface area contributed by atoms with E-state index in [2.05, 4.69) is 5.10 Å². The van der Waals surface area contributed by atoms with Gasteiger partial charge in [0.15, 0.2) is 5.03 Å². The predicted molar refractivity (Wildman–Crippen MR) is 76.9 cm³/mol. The van der Waals surface area contributed by atoms with Gasteiger partial charge in [-0.1, -0.05) is 12.1 Å². The first-order valence-electron chi connectivity index (χ1n) is 6.83. The summed E-state index contributed by atoms with van der Waals surface area (Å²) in [6.07, 6.45) is 0.855. The fourth-order valence-corrected chi connectivity index (χ4v) is 4.57. The van der Waals surface area contributed by atoms with Gasteiger partial charge in [0.1, 0.15) is 5.82 Å². The second-order valence-electron chi connectivity index (χ2n) is 5.33. The Morgan fingerprint density at radius 1 is 1.36 bits per heavy atom. The Hall–Kier alpha value is -1.77. The number of β-amino-alcohol motifs (C(OH)–C–C–N with tert-alkyl or cyclic N) is 1. The van der Waals surface area contributed by atoms with Crippen molar-refractivity contribution < 1.29 is 17.9 Å². The van der Waals surface area contributed by atoms with Crippen LogP contribution in [0.1, 0.15) is 18.0 Å². The van der Waals surface area contributed by atoms with Crippen LogP contribution in [0.2, 0.25) is 0 Å². The van der Waals surface area contributed by atoms with Crippen molar-refractivity contribution in [2.24, 2.45) is 7.05 Å². The molecule has 1 saturated heterocycles. The van der Waals surface area contributed by atoms with E-state index >= 15 is 0 Å². The summed E-state index contributed by atoms with van der Waals surface area (Å²) in [4.78, 5) is 0. The van der Waals surface area contributed by atoms with Crippen molar-refractivity contribution in [1.82, 2.24) is 14.1 Å². The number of aryl methyl sites for hydroxylation is 1. The van der Waals surface area contributed by atoms with Gasteiger partial charge in [-0.25, -0.2) is 12.8 Å². The average Bonchev–Trinajstić information content (AvgIpc) is 3.05. The minimum absolute atomic E-state index is 0.0192. The van der Waals surface area contributed by atoms with Crippen LogP contribution < -0.4 is 0 Å². The molecule has 118 valence electrons. The molecule has 0 unspecified atom stereocenters. The molecule has 1 aromatic carbocycles. The van der Waals surface area contributed by atoms with E-state index in [1.807, 2.05) is 0 Å². The van der Waals surface area contributed by atoms with Crippen LogP contribution in [0, 0.1) is 5.82 Å². The van der Waals surface area contributed by atoms with Gasteiger partial charge in [0, 0.05) is 13.6 Å². The van der Waals surface area contributed by atoms with Crippen molar-refractivity contribution in [1.29, 1.82) is 0 Å². The first-order chi connectivity index (χ1) is 10.4. The molecule has 0 spiro atoms. The Kier molecular flexibility index (Phi) is 3.75. The first-order valence-corrected chi connectivity index (χ1v) is 8.27. The van der Waals surface area contributed by atoms with Crippen LogP contribution in [0.15, 0.2) is 41.6 Å². The van der Waals surface area contributed by atoms with Crippen molar-refractivity contribution >= 4 is 10.0 Å². The molecule has 1 aromatic heterocycles. The number of rotatable bonds is 3. The molecule has 1 aliphatic heterocycles. The summed E-state index contributed by atoms with van der Waals surface area (Å²) in [7, 11) is -2.28. The van der Waals surface area contributed by atoms with E-state index in [4.69, 9.17) is 0 Å². The van der Waals surface area contributed by atoms with Crippen LogP contribution in [-0.4, -0.2) is 40.3 Å². The summed E-state index contributed by atoms with van der Waals surface area (Å²) in [6, 6.07) is 6.61. The van der Waals surface area contributed by atoms with Gasteiger partial charge >= 0.3 is 0 Å². The lowest BCUT2D eigenvalue weighted by atomic mass is 10.0. The Bertz CT molecular complexity index is 790. The average molecular weight is 325 g/mol. The molecule has 8 heteroatoms. The molecule has 1 fully saturated rings. The molecule has 0 saturated carbocycles. The highest BCUT2D eigenvalue weighted by atomic mass is 32.2. The molecule has 1 aliphatic rings. The second-order valence-corrected chi connectivity index (χ2v) is 7.17. The van der Waals surface area contributed by atoms with Gasteiger partial charge in [0.25, 0.3) is 10.0 Å². The standard InChI is InChI=1S/C14H16FN3O3S/c1-17-14(5-6-16-17)22(20,21)18-9-12(19)8-13(18)10-3-2-4-11(15)7-10/h2-7,12-13,19H,8-9H2,1H3/t12-,13+/m1/s1. The third-order valence-corrected chi connectivity index (χ3v) is 5.77. The smallest absolute Gasteiger partial charge is 0.260 e. The molecule has 2 atom stereocenters. The number of aliphatic hydroxyl groups excluding tert-OH is 1. The van der Waals surface area contributed by atoms with Crippen molar-refractivity contribution in [3.63, 3.8) is 0 Å². The van der Waals surface area contributed by atoms with Crippen molar-refractivity contribution in [3.05, 3.63) is 47.9 Å². The number of hydrogen-bond donors (Lipinski definition) is 1. The number of sulfonamides is 1. The molecule has 0 amide bonds. The van der Waals surface area contributed by atoms with E-state index in [1.54, 1.807) is 6.07 Å². The zero-order valence-electron chi connectivity index (χ0n) is 11.9. The van der Waals surface area contributed by atoms with Gasteiger partial charge in [-0.2, -0.15) is 9.40 Å². The monoisotopic (exact) mass is 325 g/mol. The lowest BCUT2D eigenvalue weighted by molar-refractivity contribution is 0.188. The topological polar surface area (TPSA) is 75.4 Å². The van der Waals surface area contributed by atoms with Gasteiger partial charge in [0.05, 0.1) is 18.3 Å². The van der Waals surface area contributed by atoms with E-state index in [0.29, 0.717) is 5.56 Å². The van der Waals surface area contributed by atoms with E-state index in [-0.39, 0.29) is 18.0 Å². The Balaban J connectivity index is 2.03. The first kappa shape index (κ1) is 15.1. The van der Waals surface area contributed by atoms with Gasteiger partial charge in [-0.05, 0) is 30.2 Å². The fraction of sp³-hybridized carbons (Fsp3) is 0.357. The van der Waals surface area contributed by atoms with Gasteiger partial charge < -0.3 is 5.11 Å². The lowest BCUT2D eigenvalue weighted by Crippen LogP contribution is -2.33. The van der Waals surface area contributed by atoms with Crippen LogP contribution >= 0.6 is 0 Å². The summed E-state index contributed by atoms with van der Waals surface area (Å²) in [6.45, 7) is -0.0192. The number of hydrogen-bond acceptors (Lipinski definition) is 4. The summed E-state index contributed by atoms with van der Waals surface area (Å²) in [5, 5.41) is 13.8. The molecule has 3 rings (SSSR count).